The number of H-pyrrole nitrogens is 1. The Kier molecular flexibility index (Phi) is 5.25. The van der Waals surface area contributed by atoms with E-state index in [2.05, 4.69) is 20.3 Å². The predicted octanol–water partition coefficient (Wildman–Crippen LogP) is 3.13. The third kappa shape index (κ3) is 3.99. The minimum Gasteiger partial charge on any atom is -0.484 e. The molecule has 0 saturated carbocycles. The molecule has 0 aliphatic rings. The number of aromatic amines is 1. The fourth-order valence-electron chi connectivity index (χ4n) is 2.90. The molecule has 3 aromatic rings. The zero-order valence-electron chi connectivity index (χ0n) is 16.1. The van der Waals surface area contributed by atoms with Crippen molar-refractivity contribution < 1.29 is 14.1 Å². The Balaban J connectivity index is 1.66. The first-order chi connectivity index (χ1) is 12.9. The van der Waals surface area contributed by atoms with Crippen LogP contribution in [0.5, 0.6) is 5.75 Å². The van der Waals surface area contributed by atoms with Gasteiger partial charge in [-0.1, -0.05) is 5.16 Å². The molecule has 1 atom stereocenters. The molecule has 8 heteroatoms. The van der Waals surface area contributed by atoms with E-state index in [0.29, 0.717) is 11.5 Å². The Morgan fingerprint density at radius 1 is 1.33 bits per heavy atom. The number of ether oxygens (including phenoxy) is 1. The molecule has 1 N–H and O–H groups in total. The zero-order chi connectivity index (χ0) is 19.6. The number of carbonyl (C=O) groups is 1. The van der Waals surface area contributed by atoms with Gasteiger partial charge in [0.1, 0.15) is 12.4 Å². The van der Waals surface area contributed by atoms with Crippen molar-refractivity contribution in [3.63, 3.8) is 0 Å². The molecule has 3 rings (SSSR count). The Morgan fingerprint density at radius 3 is 2.74 bits per heavy atom. The van der Waals surface area contributed by atoms with E-state index < -0.39 is 0 Å². The Bertz CT molecular complexity index is 910. The maximum atomic E-state index is 12.8. The Hall–Kier alpha value is -3.16. The van der Waals surface area contributed by atoms with E-state index >= 15 is 0 Å². The molecule has 1 amide bonds. The number of hydrogen-bond acceptors (Lipinski definition) is 6. The third-order valence-corrected chi connectivity index (χ3v) is 4.55. The summed E-state index contributed by atoms with van der Waals surface area (Å²) >= 11 is 0. The number of carbonyl (C=O) groups excluding carboxylic acids is 1. The maximum absolute atomic E-state index is 12.8. The van der Waals surface area contributed by atoms with E-state index in [4.69, 9.17) is 9.26 Å². The van der Waals surface area contributed by atoms with Gasteiger partial charge in [-0.25, -0.2) is 0 Å². The number of aromatic nitrogens is 4. The minimum absolute atomic E-state index is 0.147. The van der Waals surface area contributed by atoms with Crippen LogP contribution >= 0.6 is 0 Å². The van der Waals surface area contributed by atoms with Gasteiger partial charge in [-0.2, -0.15) is 5.10 Å². The van der Waals surface area contributed by atoms with Gasteiger partial charge in [0.2, 0.25) is 0 Å². The first-order valence-electron chi connectivity index (χ1n) is 8.66. The van der Waals surface area contributed by atoms with Crippen molar-refractivity contribution in [1.29, 1.82) is 0 Å². The molecule has 0 radical (unpaired) electrons. The number of pyridine rings is 1. The fourth-order valence-corrected chi connectivity index (χ4v) is 2.90. The second-order valence-electron chi connectivity index (χ2n) is 6.54. The lowest BCUT2D eigenvalue weighted by molar-refractivity contribution is 0.0731. The average molecular weight is 369 g/mol. The summed E-state index contributed by atoms with van der Waals surface area (Å²) in [6, 6.07) is 5.14. The van der Waals surface area contributed by atoms with Crippen molar-refractivity contribution in [2.45, 2.75) is 40.3 Å². The summed E-state index contributed by atoms with van der Waals surface area (Å²) < 4.78 is 10.8. The van der Waals surface area contributed by atoms with Crippen LogP contribution < -0.4 is 4.74 Å². The fraction of sp³-hybridized carbons (Fsp3) is 0.368. The van der Waals surface area contributed by atoms with Gasteiger partial charge in [0.05, 0.1) is 17.9 Å². The van der Waals surface area contributed by atoms with Gasteiger partial charge in [0.15, 0.2) is 11.5 Å². The van der Waals surface area contributed by atoms with Gasteiger partial charge in [-0.05, 0) is 39.8 Å². The molecular formula is C19H23N5O3. The van der Waals surface area contributed by atoms with Crippen LogP contribution in [-0.2, 0) is 6.61 Å². The largest absolute Gasteiger partial charge is 0.484 e. The quantitative estimate of drug-likeness (QED) is 0.717. The number of nitrogens with zero attached hydrogens (tertiary/aromatic N) is 4. The summed E-state index contributed by atoms with van der Waals surface area (Å²) in [6.07, 6.45) is 1.64. The highest BCUT2D eigenvalue weighted by Gasteiger charge is 2.25. The number of aryl methyl sites for hydroxylation is 3. The molecule has 0 aromatic carbocycles. The molecule has 3 heterocycles. The van der Waals surface area contributed by atoms with Crippen LogP contribution in [0.1, 0.15) is 51.9 Å². The van der Waals surface area contributed by atoms with Crippen molar-refractivity contribution in [3.05, 3.63) is 58.5 Å². The molecule has 0 saturated heterocycles. The smallest absolute Gasteiger partial charge is 0.276 e. The van der Waals surface area contributed by atoms with E-state index in [0.717, 1.165) is 22.6 Å². The van der Waals surface area contributed by atoms with E-state index in [1.807, 2.05) is 39.8 Å². The lowest BCUT2D eigenvalue weighted by atomic mass is 10.1. The molecule has 1 unspecified atom stereocenters. The molecule has 0 bridgehead atoms. The number of amides is 1. The van der Waals surface area contributed by atoms with Crippen LogP contribution in [0.2, 0.25) is 0 Å². The summed E-state index contributed by atoms with van der Waals surface area (Å²) in [5.74, 6) is 0.867. The summed E-state index contributed by atoms with van der Waals surface area (Å²) in [5.41, 5.74) is 3.98. The van der Waals surface area contributed by atoms with Crippen LogP contribution in [0.15, 0.2) is 28.9 Å². The predicted molar refractivity (Wildman–Crippen MR) is 98.4 cm³/mol. The molecular weight excluding hydrogens is 346 g/mol. The Morgan fingerprint density at radius 2 is 2.11 bits per heavy atom. The number of hydrogen-bond donors (Lipinski definition) is 1. The standard InChI is InChI=1S/C19H23N5O3/c1-11-6-7-15(9-20-11)26-10-16-8-17(23-27-16)19(25)24(5)14(4)18-12(2)21-22-13(18)3/h6-9,14H,10H2,1-5H3,(H,21,22). The van der Waals surface area contributed by atoms with Gasteiger partial charge in [0, 0.05) is 30.1 Å². The van der Waals surface area contributed by atoms with Crippen molar-refractivity contribution in [1.82, 2.24) is 25.2 Å². The van der Waals surface area contributed by atoms with Crippen molar-refractivity contribution in [2.75, 3.05) is 7.05 Å². The summed E-state index contributed by atoms with van der Waals surface area (Å²) in [4.78, 5) is 18.5. The van der Waals surface area contributed by atoms with Gasteiger partial charge in [0.25, 0.3) is 5.91 Å². The minimum atomic E-state index is -0.227. The van der Waals surface area contributed by atoms with Crippen LogP contribution in [0.25, 0.3) is 0 Å². The van der Waals surface area contributed by atoms with Crippen molar-refractivity contribution in [2.24, 2.45) is 0 Å². The van der Waals surface area contributed by atoms with E-state index in [-0.39, 0.29) is 24.2 Å². The van der Waals surface area contributed by atoms with Crippen LogP contribution in [0.3, 0.4) is 0 Å². The first kappa shape index (κ1) is 18.6. The van der Waals surface area contributed by atoms with Crippen molar-refractivity contribution >= 4 is 5.91 Å². The maximum Gasteiger partial charge on any atom is 0.276 e. The lowest BCUT2D eigenvalue weighted by Gasteiger charge is -2.24. The normalized spacial score (nSPS) is 12.0. The average Bonchev–Trinajstić information content (AvgIpc) is 3.26. The highest BCUT2D eigenvalue weighted by atomic mass is 16.5. The van der Waals surface area contributed by atoms with Crippen molar-refractivity contribution in [3.8, 4) is 5.75 Å². The van der Waals surface area contributed by atoms with Crippen LogP contribution in [0, 0.1) is 20.8 Å². The number of nitrogens with one attached hydrogen (secondary N) is 1. The summed E-state index contributed by atoms with van der Waals surface area (Å²) in [5, 5.41) is 11.0. The molecule has 27 heavy (non-hydrogen) atoms. The van der Waals surface area contributed by atoms with Gasteiger partial charge in [-0.3, -0.25) is 14.9 Å². The molecule has 0 fully saturated rings. The lowest BCUT2D eigenvalue weighted by Crippen LogP contribution is -2.30. The molecule has 3 aromatic heterocycles. The molecule has 0 spiro atoms. The SMILES string of the molecule is Cc1ccc(OCc2cc(C(=O)N(C)C(C)c3c(C)n[nH]c3C)no2)cn1. The van der Waals surface area contributed by atoms with E-state index in [1.165, 1.54) is 0 Å². The monoisotopic (exact) mass is 369 g/mol. The van der Waals surface area contributed by atoms with Crippen LogP contribution in [-0.4, -0.2) is 38.2 Å². The topological polar surface area (TPSA) is 97.1 Å². The third-order valence-electron chi connectivity index (χ3n) is 4.55. The Labute approximate surface area is 157 Å². The summed E-state index contributed by atoms with van der Waals surface area (Å²) in [7, 11) is 1.74. The van der Waals surface area contributed by atoms with E-state index in [9.17, 15) is 4.79 Å². The zero-order valence-corrected chi connectivity index (χ0v) is 16.1. The highest BCUT2D eigenvalue weighted by Crippen LogP contribution is 2.25. The van der Waals surface area contributed by atoms with Gasteiger partial charge < -0.3 is 14.2 Å². The second kappa shape index (κ2) is 7.61. The molecule has 8 nitrogen and oxygen atoms in total. The molecule has 0 aliphatic heterocycles. The molecule has 0 aliphatic carbocycles. The van der Waals surface area contributed by atoms with Crippen LogP contribution in [0.4, 0.5) is 0 Å². The van der Waals surface area contributed by atoms with Gasteiger partial charge in [-0.15, -0.1) is 0 Å². The van der Waals surface area contributed by atoms with E-state index in [1.54, 1.807) is 24.2 Å². The summed E-state index contributed by atoms with van der Waals surface area (Å²) in [6.45, 7) is 7.89. The second-order valence-corrected chi connectivity index (χ2v) is 6.54. The highest BCUT2D eigenvalue weighted by molar-refractivity contribution is 5.92. The van der Waals surface area contributed by atoms with Gasteiger partial charge >= 0.3 is 0 Å². The molecule has 142 valence electrons. The number of rotatable bonds is 6. The first-order valence-corrected chi connectivity index (χ1v) is 8.66.